The lowest BCUT2D eigenvalue weighted by atomic mass is 10.2. The van der Waals surface area contributed by atoms with Crippen molar-refractivity contribution in [3.8, 4) is 0 Å². The van der Waals surface area contributed by atoms with Crippen molar-refractivity contribution in [2.45, 2.75) is 19.9 Å². The topological polar surface area (TPSA) is 61.4 Å². The first-order chi connectivity index (χ1) is 12.0. The molecule has 132 valence electrons. The number of hydrogen-bond donors (Lipinski definition) is 1. The fourth-order valence-electron chi connectivity index (χ4n) is 2.83. The number of anilines is 2. The maximum atomic E-state index is 13.0. The van der Waals surface area contributed by atoms with E-state index in [1.165, 1.54) is 18.5 Å². The van der Waals surface area contributed by atoms with Crippen LogP contribution in [0.5, 0.6) is 0 Å². The maximum absolute atomic E-state index is 13.0. The molecule has 2 aromatic rings. The van der Waals surface area contributed by atoms with Crippen molar-refractivity contribution in [3.05, 3.63) is 48.2 Å². The molecule has 3 rings (SSSR count). The number of hydrogen-bond acceptors (Lipinski definition) is 5. The van der Waals surface area contributed by atoms with Crippen LogP contribution in [0.15, 0.2) is 36.7 Å². The second kappa shape index (κ2) is 7.46. The summed E-state index contributed by atoms with van der Waals surface area (Å²) in [4.78, 5) is 24.9. The van der Waals surface area contributed by atoms with Gasteiger partial charge in [0.1, 0.15) is 23.7 Å². The van der Waals surface area contributed by atoms with Gasteiger partial charge in [-0.3, -0.25) is 4.79 Å². The lowest BCUT2D eigenvalue weighted by molar-refractivity contribution is 0.0740. The molecule has 0 radical (unpaired) electrons. The van der Waals surface area contributed by atoms with Crippen molar-refractivity contribution in [1.29, 1.82) is 0 Å². The summed E-state index contributed by atoms with van der Waals surface area (Å²) < 4.78 is 13.0. The minimum Gasteiger partial charge on any atom is -0.368 e. The summed E-state index contributed by atoms with van der Waals surface area (Å²) in [5, 5.41) is 3.18. The summed E-state index contributed by atoms with van der Waals surface area (Å²) in [5.41, 5.74) is 1.37. The Labute approximate surface area is 146 Å². The Kier molecular flexibility index (Phi) is 5.11. The van der Waals surface area contributed by atoms with Crippen LogP contribution in [0.2, 0.25) is 0 Å². The normalized spacial score (nSPS) is 14.7. The molecule has 0 unspecified atom stereocenters. The zero-order valence-corrected chi connectivity index (χ0v) is 14.4. The van der Waals surface area contributed by atoms with E-state index in [9.17, 15) is 9.18 Å². The number of aromatic nitrogens is 2. The number of carbonyl (C=O) groups excluding carboxylic acids is 1. The molecule has 1 aromatic carbocycles. The number of nitrogens with zero attached hydrogens (tertiary/aromatic N) is 4. The van der Waals surface area contributed by atoms with E-state index in [0.29, 0.717) is 37.7 Å². The Morgan fingerprint density at radius 2 is 1.80 bits per heavy atom. The highest BCUT2D eigenvalue weighted by atomic mass is 19.1. The van der Waals surface area contributed by atoms with Gasteiger partial charge in [-0.25, -0.2) is 14.4 Å². The molecule has 6 nitrogen and oxygen atoms in total. The molecule has 0 saturated carbocycles. The fraction of sp³-hybridized carbons (Fsp3) is 0.389. The van der Waals surface area contributed by atoms with Crippen LogP contribution in [-0.2, 0) is 0 Å². The highest BCUT2D eigenvalue weighted by Crippen LogP contribution is 2.18. The molecule has 1 fully saturated rings. The van der Waals surface area contributed by atoms with E-state index in [1.54, 1.807) is 23.1 Å². The van der Waals surface area contributed by atoms with Crippen LogP contribution >= 0.6 is 0 Å². The van der Waals surface area contributed by atoms with Gasteiger partial charge in [-0.1, -0.05) is 0 Å². The van der Waals surface area contributed by atoms with Gasteiger partial charge in [-0.15, -0.1) is 0 Å². The molecule has 1 N–H and O–H groups in total. The van der Waals surface area contributed by atoms with Crippen LogP contribution in [0.4, 0.5) is 15.9 Å². The smallest absolute Gasteiger partial charge is 0.272 e. The highest BCUT2D eigenvalue weighted by molar-refractivity contribution is 5.93. The predicted octanol–water partition coefficient (Wildman–Crippen LogP) is 2.40. The van der Waals surface area contributed by atoms with Gasteiger partial charge in [0.15, 0.2) is 0 Å². The molecular weight excluding hydrogens is 321 g/mol. The third-order valence-corrected chi connectivity index (χ3v) is 4.08. The molecular formula is C18H22FN5O. The van der Waals surface area contributed by atoms with Gasteiger partial charge < -0.3 is 15.1 Å². The van der Waals surface area contributed by atoms with E-state index in [0.717, 1.165) is 5.69 Å². The zero-order valence-electron chi connectivity index (χ0n) is 14.4. The van der Waals surface area contributed by atoms with Gasteiger partial charge in [-0.05, 0) is 38.1 Å². The average Bonchev–Trinajstić information content (AvgIpc) is 2.62. The summed E-state index contributed by atoms with van der Waals surface area (Å²) in [6.07, 6.45) is 1.41. The molecule has 2 heterocycles. The quantitative estimate of drug-likeness (QED) is 0.924. The Morgan fingerprint density at radius 3 is 2.44 bits per heavy atom. The number of amides is 1. The van der Waals surface area contributed by atoms with E-state index < -0.39 is 0 Å². The second-order valence-corrected chi connectivity index (χ2v) is 6.34. The maximum Gasteiger partial charge on any atom is 0.272 e. The Balaban J connectivity index is 1.62. The molecule has 0 bridgehead atoms. The Bertz CT molecular complexity index is 727. The van der Waals surface area contributed by atoms with Crippen LogP contribution < -0.4 is 10.2 Å². The lowest BCUT2D eigenvalue weighted by Crippen LogP contribution is -2.49. The van der Waals surface area contributed by atoms with Crippen molar-refractivity contribution >= 4 is 17.4 Å². The molecule has 25 heavy (non-hydrogen) atoms. The Morgan fingerprint density at radius 1 is 1.12 bits per heavy atom. The molecule has 0 aliphatic carbocycles. The van der Waals surface area contributed by atoms with Crippen molar-refractivity contribution in [3.63, 3.8) is 0 Å². The third-order valence-electron chi connectivity index (χ3n) is 4.08. The average molecular weight is 343 g/mol. The molecule has 7 heteroatoms. The second-order valence-electron chi connectivity index (χ2n) is 6.34. The van der Waals surface area contributed by atoms with Gasteiger partial charge in [-0.2, -0.15) is 0 Å². The first kappa shape index (κ1) is 17.1. The standard InChI is InChI=1S/C18H22FN5O/c1-13(2)22-17-11-16(20-12-21-17)18(25)24-9-7-23(8-10-24)15-5-3-14(19)4-6-15/h3-6,11-13H,7-10H2,1-2H3,(H,20,21,22). The minimum atomic E-state index is -0.243. The Hall–Kier alpha value is -2.70. The van der Waals surface area contributed by atoms with E-state index in [2.05, 4.69) is 20.2 Å². The fourth-order valence-corrected chi connectivity index (χ4v) is 2.83. The lowest BCUT2D eigenvalue weighted by Gasteiger charge is -2.36. The van der Waals surface area contributed by atoms with Crippen LogP contribution in [0, 0.1) is 5.82 Å². The number of halogens is 1. The predicted molar refractivity (Wildman–Crippen MR) is 95.3 cm³/mol. The van der Waals surface area contributed by atoms with E-state index >= 15 is 0 Å². The summed E-state index contributed by atoms with van der Waals surface area (Å²) in [7, 11) is 0. The molecule has 1 amide bonds. The monoisotopic (exact) mass is 343 g/mol. The van der Waals surface area contributed by atoms with Gasteiger partial charge in [0.05, 0.1) is 0 Å². The number of rotatable bonds is 4. The third kappa shape index (κ3) is 4.23. The summed E-state index contributed by atoms with van der Waals surface area (Å²) in [6, 6.07) is 8.36. The molecule has 1 aromatic heterocycles. The molecule has 0 spiro atoms. The van der Waals surface area contributed by atoms with Crippen molar-refractivity contribution in [2.75, 3.05) is 36.4 Å². The van der Waals surface area contributed by atoms with Gasteiger partial charge in [0, 0.05) is 44.0 Å². The van der Waals surface area contributed by atoms with Crippen LogP contribution in [-0.4, -0.2) is 53.0 Å². The number of piperazine rings is 1. The van der Waals surface area contributed by atoms with E-state index in [4.69, 9.17) is 0 Å². The SMILES string of the molecule is CC(C)Nc1cc(C(=O)N2CCN(c3ccc(F)cc3)CC2)ncn1. The molecule has 1 aliphatic rings. The molecule has 1 aliphatic heterocycles. The van der Waals surface area contributed by atoms with E-state index in [-0.39, 0.29) is 17.8 Å². The molecule has 1 saturated heterocycles. The highest BCUT2D eigenvalue weighted by Gasteiger charge is 2.23. The van der Waals surface area contributed by atoms with E-state index in [1.807, 2.05) is 13.8 Å². The van der Waals surface area contributed by atoms with Crippen LogP contribution in [0.1, 0.15) is 24.3 Å². The van der Waals surface area contributed by atoms with Crippen molar-refractivity contribution in [1.82, 2.24) is 14.9 Å². The van der Waals surface area contributed by atoms with Crippen molar-refractivity contribution < 1.29 is 9.18 Å². The number of carbonyl (C=O) groups is 1. The van der Waals surface area contributed by atoms with Crippen molar-refractivity contribution in [2.24, 2.45) is 0 Å². The van der Waals surface area contributed by atoms with Crippen LogP contribution in [0.3, 0.4) is 0 Å². The summed E-state index contributed by atoms with van der Waals surface area (Å²) >= 11 is 0. The number of nitrogens with one attached hydrogen (secondary N) is 1. The molecule has 0 atom stereocenters. The zero-order chi connectivity index (χ0) is 17.8. The van der Waals surface area contributed by atoms with Crippen LogP contribution in [0.25, 0.3) is 0 Å². The number of benzene rings is 1. The summed E-state index contributed by atoms with van der Waals surface area (Å²) in [6.45, 7) is 6.65. The minimum absolute atomic E-state index is 0.0898. The summed E-state index contributed by atoms with van der Waals surface area (Å²) in [5.74, 6) is 0.318. The first-order valence-electron chi connectivity index (χ1n) is 8.41. The first-order valence-corrected chi connectivity index (χ1v) is 8.41. The van der Waals surface area contributed by atoms with Gasteiger partial charge in [0.25, 0.3) is 5.91 Å². The van der Waals surface area contributed by atoms with Gasteiger partial charge in [0.2, 0.25) is 0 Å². The largest absolute Gasteiger partial charge is 0.368 e. The van der Waals surface area contributed by atoms with Gasteiger partial charge >= 0.3 is 0 Å².